The highest BCUT2D eigenvalue weighted by Gasteiger charge is 1.98. The number of hydrogen-bond donors (Lipinski definition) is 0. The third kappa shape index (κ3) is 1.45. The van der Waals surface area contributed by atoms with Crippen LogP contribution in [0, 0.1) is 6.92 Å². The van der Waals surface area contributed by atoms with E-state index in [1.807, 2.05) is 31.2 Å². The molecule has 1 aromatic rings. The minimum Gasteiger partial charge on any atom is -0.255 e. The van der Waals surface area contributed by atoms with Gasteiger partial charge in [0.05, 0.1) is 10.8 Å². The van der Waals surface area contributed by atoms with Crippen LogP contribution in [0.25, 0.3) is 0 Å². The van der Waals surface area contributed by atoms with Gasteiger partial charge in [0.2, 0.25) is 0 Å². The lowest BCUT2D eigenvalue weighted by atomic mass is 10.2. The van der Waals surface area contributed by atoms with E-state index in [1.165, 1.54) is 0 Å². The summed E-state index contributed by atoms with van der Waals surface area (Å²) < 4.78 is 11.0. The van der Waals surface area contributed by atoms with Gasteiger partial charge < -0.3 is 0 Å². The zero-order valence-corrected chi connectivity index (χ0v) is 6.94. The molecular weight excluding hydrogens is 144 g/mol. The molecule has 0 aliphatic heterocycles. The van der Waals surface area contributed by atoms with Crippen LogP contribution in [-0.4, -0.2) is 10.5 Å². The van der Waals surface area contributed by atoms with E-state index in [0.29, 0.717) is 0 Å². The lowest BCUT2D eigenvalue weighted by Gasteiger charge is -1.98. The second kappa shape index (κ2) is 2.97. The largest absolute Gasteiger partial charge is 0.255 e. The Labute approximate surface area is 63.5 Å². The van der Waals surface area contributed by atoms with Crippen molar-refractivity contribution in [2.75, 3.05) is 6.26 Å². The zero-order valence-electron chi connectivity index (χ0n) is 6.13. The molecule has 1 rings (SSSR count). The summed E-state index contributed by atoms with van der Waals surface area (Å²) in [6.45, 7) is 1.97. The molecule has 0 heterocycles. The summed E-state index contributed by atoms with van der Waals surface area (Å²) in [5, 5.41) is 0. The van der Waals surface area contributed by atoms with Crippen LogP contribution >= 0.6 is 0 Å². The van der Waals surface area contributed by atoms with Crippen LogP contribution in [0.15, 0.2) is 29.2 Å². The van der Waals surface area contributed by atoms with Gasteiger partial charge in [0.25, 0.3) is 0 Å². The van der Waals surface area contributed by atoms with Crippen LogP contribution in [0.4, 0.5) is 0 Å². The maximum absolute atomic E-state index is 11.0. The molecule has 0 unspecified atom stereocenters. The molecule has 0 aliphatic rings. The van der Waals surface area contributed by atoms with E-state index in [-0.39, 0.29) is 0 Å². The first-order chi connectivity index (χ1) is 4.72. The van der Waals surface area contributed by atoms with Gasteiger partial charge in [0, 0.05) is 11.2 Å². The van der Waals surface area contributed by atoms with Crippen LogP contribution < -0.4 is 0 Å². The molecule has 0 N–H and O–H groups in total. The Hall–Kier alpha value is -0.630. The summed E-state index contributed by atoms with van der Waals surface area (Å²) in [5.41, 5.74) is 1.10. The molecule has 54 valence electrons. The molecule has 0 fully saturated rings. The predicted octanol–water partition coefficient (Wildman–Crippen LogP) is 1.73. The van der Waals surface area contributed by atoms with Crippen molar-refractivity contribution in [1.29, 1.82) is 0 Å². The first-order valence-electron chi connectivity index (χ1n) is 3.11. The molecule has 0 aromatic heterocycles. The Kier molecular flexibility index (Phi) is 2.22. The molecular formula is C8H10OS. The quantitative estimate of drug-likeness (QED) is 0.602. The van der Waals surface area contributed by atoms with Crippen molar-refractivity contribution >= 4 is 10.8 Å². The summed E-state index contributed by atoms with van der Waals surface area (Å²) in [4.78, 5) is 0.933. The second-order valence-electron chi connectivity index (χ2n) is 2.22. The van der Waals surface area contributed by atoms with Crippen LogP contribution in [0.5, 0.6) is 0 Å². The fourth-order valence-corrected chi connectivity index (χ4v) is 1.67. The summed E-state index contributed by atoms with van der Waals surface area (Å²) in [6.07, 6.45) is 1.70. The SMILES string of the molecule is Cc1ccccc1[S@@](C)=O. The third-order valence-electron chi connectivity index (χ3n) is 1.40. The number of rotatable bonds is 1. The van der Waals surface area contributed by atoms with Crippen LogP contribution in [0.2, 0.25) is 0 Å². The predicted molar refractivity (Wildman–Crippen MR) is 43.5 cm³/mol. The molecule has 2 heteroatoms. The van der Waals surface area contributed by atoms with E-state index in [1.54, 1.807) is 6.26 Å². The minimum atomic E-state index is -0.841. The molecule has 0 saturated heterocycles. The smallest absolute Gasteiger partial charge is 0.0500 e. The second-order valence-corrected chi connectivity index (χ2v) is 3.57. The van der Waals surface area contributed by atoms with Crippen molar-refractivity contribution in [3.8, 4) is 0 Å². The Bertz CT molecular complexity index is 255. The Morgan fingerprint density at radius 2 is 1.90 bits per heavy atom. The summed E-state index contributed by atoms with van der Waals surface area (Å²) in [5.74, 6) is 0. The Morgan fingerprint density at radius 3 is 2.30 bits per heavy atom. The normalized spacial score (nSPS) is 13.0. The molecule has 1 nitrogen and oxygen atoms in total. The highest BCUT2D eigenvalue weighted by Crippen LogP contribution is 2.09. The van der Waals surface area contributed by atoms with Crippen molar-refractivity contribution in [2.45, 2.75) is 11.8 Å². The zero-order chi connectivity index (χ0) is 7.56. The molecule has 10 heavy (non-hydrogen) atoms. The van der Waals surface area contributed by atoms with Gasteiger partial charge in [-0.2, -0.15) is 0 Å². The van der Waals surface area contributed by atoms with Crippen LogP contribution in [0.1, 0.15) is 5.56 Å². The fraction of sp³-hybridized carbons (Fsp3) is 0.250. The van der Waals surface area contributed by atoms with E-state index in [0.717, 1.165) is 10.5 Å². The van der Waals surface area contributed by atoms with Gasteiger partial charge in [-0.05, 0) is 18.6 Å². The van der Waals surface area contributed by atoms with E-state index in [2.05, 4.69) is 0 Å². The fourth-order valence-electron chi connectivity index (χ4n) is 0.879. The molecule has 0 amide bonds. The molecule has 0 radical (unpaired) electrons. The lowest BCUT2D eigenvalue weighted by Crippen LogP contribution is -1.89. The van der Waals surface area contributed by atoms with Crippen molar-refractivity contribution in [2.24, 2.45) is 0 Å². The monoisotopic (exact) mass is 154 g/mol. The third-order valence-corrected chi connectivity index (χ3v) is 2.48. The van der Waals surface area contributed by atoms with Gasteiger partial charge in [0.15, 0.2) is 0 Å². The van der Waals surface area contributed by atoms with Crippen LogP contribution in [0.3, 0.4) is 0 Å². The molecule has 0 saturated carbocycles. The van der Waals surface area contributed by atoms with Gasteiger partial charge >= 0.3 is 0 Å². The number of benzene rings is 1. The minimum absolute atomic E-state index is 0.841. The van der Waals surface area contributed by atoms with E-state index < -0.39 is 10.8 Å². The molecule has 0 bridgehead atoms. The van der Waals surface area contributed by atoms with Crippen LogP contribution in [-0.2, 0) is 10.8 Å². The lowest BCUT2D eigenvalue weighted by molar-refractivity contribution is 0.686. The molecule has 0 aliphatic carbocycles. The van der Waals surface area contributed by atoms with Crippen molar-refractivity contribution in [3.05, 3.63) is 29.8 Å². The first kappa shape index (κ1) is 7.48. The standard InChI is InChI=1S/C8H10OS/c1-7-5-3-4-6-8(7)10(2)9/h3-6H,1-2H3/t10-/m1/s1. The molecule has 1 aromatic carbocycles. The van der Waals surface area contributed by atoms with Crippen molar-refractivity contribution < 1.29 is 4.21 Å². The molecule has 1 atom stereocenters. The highest BCUT2D eigenvalue weighted by molar-refractivity contribution is 7.84. The Balaban J connectivity index is 3.15. The Morgan fingerprint density at radius 1 is 1.30 bits per heavy atom. The van der Waals surface area contributed by atoms with Crippen molar-refractivity contribution in [1.82, 2.24) is 0 Å². The van der Waals surface area contributed by atoms with Gasteiger partial charge in [0.1, 0.15) is 0 Å². The maximum Gasteiger partial charge on any atom is 0.0500 e. The molecule has 0 spiro atoms. The van der Waals surface area contributed by atoms with Gasteiger partial charge in [-0.3, -0.25) is 4.21 Å². The average Bonchev–Trinajstić information content (AvgIpc) is 1.88. The summed E-state index contributed by atoms with van der Waals surface area (Å²) in [6, 6.07) is 7.72. The first-order valence-corrected chi connectivity index (χ1v) is 4.66. The number of aryl methyl sites for hydroxylation is 1. The summed E-state index contributed by atoms with van der Waals surface area (Å²) >= 11 is 0. The highest BCUT2D eigenvalue weighted by atomic mass is 32.2. The van der Waals surface area contributed by atoms with E-state index in [9.17, 15) is 4.21 Å². The van der Waals surface area contributed by atoms with E-state index in [4.69, 9.17) is 0 Å². The van der Waals surface area contributed by atoms with E-state index >= 15 is 0 Å². The summed E-state index contributed by atoms with van der Waals surface area (Å²) in [7, 11) is -0.841. The van der Waals surface area contributed by atoms with Gasteiger partial charge in [-0.15, -0.1) is 0 Å². The average molecular weight is 154 g/mol. The topological polar surface area (TPSA) is 17.1 Å². The maximum atomic E-state index is 11.0. The van der Waals surface area contributed by atoms with Crippen molar-refractivity contribution in [3.63, 3.8) is 0 Å². The van der Waals surface area contributed by atoms with Gasteiger partial charge in [-0.1, -0.05) is 18.2 Å². The van der Waals surface area contributed by atoms with Gasteiger partial charge in [-0.25, -0.2) is 0 Å². The number of hydrogen-bond acceptors (Lipinski definition) is 1.